The zero-order valence-electron chi connectivity index (χ0n) is 25.6. The lowest BCUT2D eigenvalue weighted by Gasteiger charge is -2.40. The Kier molecular flexibility index (Phi) is 12.4. The van der Waals surface area contributed by atoms with E-state index in [2.05, 4.69) is 13.8 Å². The normalized spacial score (nSPS) is 15.3. The maximum Gasteiger partial charge on any atom is 0.238 e. The quantitative estimate of drug-likeness (QED) is 0.290. The van der Waals surface area contributed by atoms with Crippen LogP contribution in [0, 0.1) is 12.8 Å². The van der Waals surface area contributed by atoms with Crippen molar-refractivity contribution in [3.05, 3.63) is 71.3 Å². The summed E-state index contributed by atoms with van der Waals surface area (Å²) in [7, 11) is -3.53. The van der Waals surface area contributed by atoms with Gasteiger partial charge in [0.25, 0.3) is 0 Å². The topological polar surface area (TPSA) is 78.0 Å². The van der Waals surface area contributed by atoms with Crippen molar-refractivity contribution in [2.75, 3.05) is 31.9 Å². The van der Waals surface area contributed by atoms with Gasteiger partial charge in [-0.15, -0.1) is 0 Å². The molecule has 2 amide bonds. The molecule has 0 saturated carbocycles. The van der Waals surface area contributed by atoms with Crippen LogP contribution in [0.1, 0.15) is 82.4 Å². The minimum atomic E-state index is -3.53. The minimum absolute atomic E-state index is 0.0384. The van der Waals surface area contributed by atoms with Crippen LogP contribution >= 0.6 is 0 Å². The Bertz CT molecular complexity index is 1220. The molecule has 1 saturated heterocycles. The van der Waals surface area contributed by atoms with Crippen molar-refractivity contribution in [2.24, 2.45) is 5.92 Å². The molecule has 41 heavy (non-hydrogen) atoms. The number of piperidine rings is 1. The van der Waals surface area contributed by atoms with Crippen LogP contribution in [0.3, 0.4) is 0 Å². The van der Waals surface area contributed by atoms with E-state index < -0.39 is 10.0 Å². The van der Waals surface area contributed by atoms with Crippen molar-refractivity contribution in [1.82, 2.24) is 14.1 Å². The van der Waals surface area contributed by atoms with Gasteiger partial charge in [0.05, 0.1) is 18.2 Å². The first kappa shape index (κ1) is 32.8. The molecular formula is C33H49N3O4S. The van der Waals surface area contributed by atoms with Crippen LogP contribution < -0.4 is 0 Å². The van der Waals surface area contributed by atoms with Gasteiger partial charge in [-0.25, -0.2) is 8.42 Å². The highest BCUT2D eigenvalue weighted by atomic mass is 32.2. The molecule has 2 aromatic carbocycles. The van der Waals surface area contributed by atoms with E-state index in [-0.39, 0.29) is 36.1 Å². The molecule has 1 heterocycles. The van der Waals surface area contributed by atoms with Gasteiger partial charge < -0.3 is 9.80 Å². The van der Waals surface area contributed by atoms with Crippen molar-refractivity contribution in [3.63, 3.8) is 0 Å². The van der Waals surface area contributed by atoms with E-state index in [0.29, 0.717) is 57.8 Å². The molecule has 0 bridgehead atoms. The lowest BCUT2D eigenvalue weighted by Crippen LogP contribution is -2.52. The second-order valence-corrected chi connectivity index (χ2v) is 13.8. The predicted octanol–water partition coefficient (Wildman–Crippen LogP) is 5.60. The summed E-state index contributed by atoms with van der Waals surface area (Å²) in [4.78, 5) is 31.3. The molecule has 7 nitrogen and oxygen atoms in total. The standard InChI is InChI=1S/C33H49N3O4S/c1-6-23-41(39,40)35(22-17-26(3)4)25-32(37)36(24-29-16-12-11-13-27(29)5)30-18-20-34(21-19-30)33(38)31(7-2)28-14-9-8-10-15-28/h8-16,26,30-31H,6-7,17-25H2,1-5H3/t31-/m1/s1. The summed E-state index contributed by atoms with van der Waals surface area (Å²) >= 11 is 0. The molecule has 0 radical (unpaired) electrons. The third kappa shape index (κ3) is 9.14. The first-order valence-electron chi connectivity index (χ1n) is 15.2. The Balaban J connectivity index is 1.79. The van der Waals surface area contributed by atoms with Gasteiger partial charge in [0.15, 0.2) is 0 Å². The van der Waals surface area contributed by atoms with Crippen molar-refractivity contribution in [3.8, 4) is 0 Å². The van der Waals surface area contributed by atoms with Gasteiger partial charge >= 0.3 is 0 Å². The molecule has 1 atom stereocenters. The number of amides is 2. The molecule has 226 valence electrons. The highest BCUT2D eigenvalue weighted by molar-refractivity contribution is 7.89. The van der Waals surface area contributed by atoms with Crippen LogP contribution in [-0.4, -0.2) is 72.3 Å². The van der Waals surface area contributed by atoms with E-state index in [1.54, 1.807) is 0 Å². The number of rotatable bonds is 14. The van der Waals surface area contributed by atoms with E-state index >= 15 is 0 Å². The second-order valence-electron chi connectivity index (χ2n) is 11.7. The number of benzene rings is 2. The number of hydrogen-bond acceptors (Lipinski definition) is 4. The molecule has 0 aliphatic carbocycles. The molecule has 0 aromatic heterocycles. The van der Waals surface area contributed by atoms with E-state index in [1.807, 2.05) is 85.2 Å². The molecule has 0 spiro atoms. The Morgan fingerprint density at radius 3 is 2.20 bits per heavy atom. The van der Waals surface area contributed by atoms with Gasteiger partial charge in [-0.2, -0.15) is 4.31 Å². The fourth-order valence-electron chi connectivity index (χ4n) is 5.60. The highest BCUT2D eigenvalue weighted by Gasteiger charge is 2.34. The summed E-state index contributed by atoms with van der Waals surface area (Å²) < 4.78 is 27.7. The van der Waals surface area contributed by atoms with Crippen LogP contribution in [0.2, 0.25) is 0 Å². The summed E-state index contributed by atoms with van der Waals surface area (Å²) in [6, 6.07) is 17.9. The van der Waals surface area contributed by atoms with Crippen LogP contribution in [-0.2, 0) is 26.2 Å². The number of carbonyl (C=O) groups excluding carboxylic acids is 2. The van der Waals surface area contributed by atoms with Gasteiger partial charge in [0.1, 0.15) is 0 Å². The van der Waals surface area contributed by atoms with Crippen molar-refractivity contribution < 1.29 is 18.0 Å². The number of aryl methyl sites for hydroxylation is 1. The smallest absolute Gasteiger partial charge is 0.238 e. The first-order valence-corrected chi connectivity index (χ1v) is 16.8. The molecule has 1 fully saturated rings. The molecule has 8 heteroatoms. The number of carbonyl (C=O) groups is 2. The van der Waals surface area contributed by atoms with E-state index in [0.717, 1.165) is 23.1 Å². The Hall–Kier alpha value is -2.71. The zero-order chi connectivity index (χ0) is 30.0. The van der Waals surface area contributed by atoms with Crippen molar-refractivity contribution in [1.29, 1.82) is 0 Å². The third-order valence-electron chi connectivity index (χ3n) is 8.17. The SMILES string of the molecule is CCCS(=O)(=O)N(CCC(C)C)CC(=O)N(Cc1ccccc1C)C1CCN(C(=O)[C@H](CC)c2ccccc2)CC1. The van der Waals surface area contributed by atoms with Gasteiger partial charge in [0.2, 0.25) is 21.8 Å². The monoisotopic (exact) mass is 583 g/mol. The maximum atomic E-state index is 14.0. The molecule has 3 rings (SSSR count). The first-order chi connectivity index (χ1) is 19.6. The molecule has 0 unspecified atom stereocenters. The second kappa shape index (κ2) is 15.5. The lowest BCUT2D eigenvalue weighted by molar-refractivity contribution is -0.138. The van der Waals surface area contributed by atoms with Crippen LogP contribution in [0.5, 0.6) is 0 Å². The number of likely N-dealkylation sites (tertiary alicyclic amines) is 1. The van der Waals surface area contributed by atoms with Gasteiger partial charge in [-0.1, -0.05) is 82.3 Å². The van der Waals surface area contributed by atoms with Crippen molar-refractivity contribution >= 4 is 21.8 Å². The zero-order valence-corrected chi connectivity index (χ0v) is 26.4. The average Bonchev–Trinajstić information content (AvgIpc) is 2.95. The van der Waals surface area contributed by atoms with Crippen LogP contribution in [0.15, 0.2) is 54.6 Å². The summed E-state index contributed by atoms with van der Waals surface area (Å²) in [5.74, 6) is 0.168. The number of hydrogen-bond donors (Lipinski definition) is 0. The predicted molar refractivity (Wildman–Crippen MR) is 166 cm³/mol. The Labute approximate surface area is 248 Å². The van der Waals surface area contributed by atoms with E-state index in [9.17, 15) is 18.0 Å². The maximum absolute atomic E-state index is 14.0. The van der Waals surface area contributed by atoms with E-state index in [4.69, 9.17) is 0 Å². The fraction of sp³-hybridized carbons (Fsp3) is 0.576. The van der Waals surface area contributed by atoms with E-state index in [1.165, 1.54) is 4.31 Å². The molecular weight excluding hydrogens is 534 g/mol. The minimum Gasteiger partial charge on any atom is -0.342 e. The summed E-state index contributed by atoms with van der Waals surface area (Å²) in [5.41, 5.74) is 3.19. The van der Waals surface area contributed by atoms with Gasteiger partial charge in [-0.05, 0) is 61.6 Å². The molecule has 1 aliphatic heterocycles. The number of sulfonamides is 1. The van der Waals surface area contributed by atoms with Crippen LogP contribution in [0.25, 0.3) is 0 Å². The third-order valence-corrected chi connectivity index (χ3v) is 10.2. The Morgan fingerprint density at radius 1 is 0.976 bits per heavy atom. The highest BCUT2D eigenvalue weighted by Crippen LogP contribution is 2.27. The lowest BCUT2D eigenvalue weighted by atomic mass is 9.93. The molecule has 0 N–H and O–H groups in total. The summed E-state index contributed by atoms with van der Waals surface area (Å²) in [6.45, 7) is 11.8. The van der Waals surface area contributed by atoms with Gasteiger partial charge in [0, 0.05) is 32.2 Å². The van der Waals surface area contributed by atoms with Crippen molar-refractivity contribution in [2.45, 2.75) is 85.2 Å². The van der Waals surface area contributed by atoms with Gasteiger partial charge in [-0.3, -0.25) is 9.59 Å². The summed E-state index contributed by atoms with van der Waals surface area (Å²) in [5, 5.41) is 0. The largest absolute Gasteiger partial charge is 0.342 e. The number of nitrogens with zero attached hydrogens (tertiary/aromatic N) is 3. The van der Waals surface area contributed by atoms with Crippen LogP contribution in [0.4, 0.5) is 0 Å². The summed E-state index contributed by atoms with van der Waals surface area (Å²) in [6.07, 6.45) is 3.29. The average molecular weight is 584 g/mol. The molecule has 2 aromatic rings. The fourth-order valence-corrected chi connectivity index (χ4v) is 7.06. The molecule has 1 aliphatic rings. The Morgan fingerprint density at radius 2 is 1.61 bits per heavy atom.